The molecule has 12 heavy (non-hydrogen) atoms. The molecule has 66 valence electrons. The highest BCUT2D eigenvalue weighted by Gasteiger charge is 2.08. The SMILES string of the molecule is CC(C)C(=O)c1ccccc1.Cl. The summed E-state index contributed by atoms with van der Waals surface area (Å²) >= 11 is 0. The number of carbonyl (C=O) groups is 1. The van der Waals surface area contributed by atoms with Gasteiger partial charge in [-0.05, 0) is 0 Å². The average Bonchev–Trinajstić information content (AvgIpc) is 2.05. The summed E-state index contributed by atoms with van der Waals surface area (Å²) in [6.07, 6.45) is 0. The number of benzene rings is 1. The van der Waals surface area contributed by atoms with Crippen molar-refractivity contribution >= 4 is 18.2 Å². The lowest BCUT2D eigenvalue weighted by atomic mass is 10.0. The fraction of sp³-hybridized carbons (Fsp3) is 0.300. The van der Waals surface area contributed by atoms with Gasteiger partial charge in [0.05, 0.1) is 0 Å². The molecule has 1 aromatic carbocycles. The maximum Gasteiger partial charge on any atom is 0.165 e. The topological polar surface area (TPSA) is 17.1 Å². The van der Waals surface area contributed by atoms with Crippen LogP contribution in [0.15, 0.2) is 30.3 Å². The molecule has 0 saturated carbocycles. The van der Waals surface area contributed by atoms with Gasteiger partial charge in [-0.15, -0.1) is 12.4 Å². The van der Waals surface area contributed by atoms with Gasteiger partial charge in [-0.3, -0.25) is 4.79 Å². The molecule has 0 amide bonds. The Kier molecular flexibility index (Phi) is 4.60. The summed E-state index contributed by atoms with van der Waals surface area (Å²) in [5.74, 6) is 0.308. The van der Waals surface area contributed by atoms with Gasteiger partial charge in [-0.1, -0.05) is 44.2 Å². The maximum atomic E-state index is 11.3. The van der Waals surface area contributed by atoms with Gasteiger partial charge in [0.2, 0.25) is 0 Å². The van der Waals surface area contributed by atoms with E-state index in [-0.39, 0.29) is 24.1 Å². The van der Waals surface area contributed by atoms with Crippen LogP contribution in [0, 0.1) is 5.92 Å². The molecule has 0 aliphatic carbocycles. The third-order valence-corrected chi connectivity index (χ3v) is 1.58. The second-order valence-electron chi connectivity index (χ2n) is 2.88. The molecular weight excluding hydrogens is 172 g/mol. The second-order valence-corrected chi connectivity index (χ2v) is 2.88. The van der Waals surface area contributed by atoms with Crippen LogP contribution in [0.1, 0.15) is 24.2 Å². The highest BCUT2D eigenvalue weighted by Crippen LogP contribution is 2.06. The highest BCUT2D eigenvalue weighted by atomic mass is 35.5. The van der Waals surface area contributed by atoms with E-state index < -0.39 is 0 Å². The van der Waals surface area contributed by atoms with Crippen LogP contribution in [0.4, 0.5) is 0 Å². The number of hydrogen-bond acceptors (Lipinski definition) is 1. The largest absolute Gasteiger partial charge is 0.294 e. The van der Waals surface area contributed by atoms with Crippen LogP contribution in [0.25, 0.3) is 0 Å². The fourth-order valence-electron chi connectivity index (χ4n) is 0.936. The van der Waals surface area contributed by atoms with Gasteiger partial charge in [-0.25, -0.2) is 0 Å². The molecule has 0 fully saturated rings. The summed E-state index contributed by atoms with van der Waals surface area (Å²) in [7, 11) is 0. The van der Waals surface area contributed by atoms with Gasteiger partial charge in [0.15, 0.2) is 5.78 Å². The summed E-state index contributed by atoms with van der Waals surface area (Å²) in [6.45, 7) is 3.82. The first kappa shape index (κ1) is 11.2. The molecule has 1 nitrogen and oxygen atoms in total. The summed E-state index contributed by atoms with van der Waals surface area (Å²) < 4.78 is 0. The molecule has 1 rings (SSSR count). The molecule has 0 saturated heterocycles. The van der Waals surface area contributed by atoms with E-state index in [0.717, 1.165) is 5.56 Å². The van der Waals surface area contributed by atoms with E-state index in [0.29, 0.717) is 0 Å². The van der Waals surface area contributed by atoms with Gasteiger partial charge >= 0.3 is 0 Å². The minimum atomic E-state index is 0. The predicted octanol–water partition coefficient (Wildman–Crippen LogP) is 2.95. The molecule has 0 spiro atoms. The molecule has 0 atom stereocenters. The van der Waals surface area contributed by atoms with Crippen molar-refractivity contribution in [2.75, 3.05) is 0 Å². The van der Waals surface area contributed by atoms with Crippen molar-refractivity contribution in [3.05, 3.63) is 35.9 Å². The summed E-state index contributed by atoms with van der Waals surface area (Å²) in [5, 5.41) is 0. The molecule has 0 unspecified atom stereocenters. The smallest absolute Gasteiger partial charge is 0.165 e. The monoisotopic (exact) mass is 184 g/mol. The van der Waals surface area contributed by atoms with Gasteiger partial charge in [0, 0.05) is 11.5 Å². The lowest BCUT2D eigenvalue weighted by Gasteiger charge is -2.01. The van der Waals surface area contributed by atoms with E-state index in [4.69, 9.17) is 0 Å². The zero-order chi connectivity index (χ0) is 8.27. The van der Waals surface area contributed by atoms with Gasteiger partial charge in [0.25, 0.3) is 0 Å². The van der Waals surface area contributed by atoms with Crippen LogP contribution in [-0.2, 0) is 0 Å². The second kappa shape index (κ2) is 4.94. The summed E-state index contributed by atoms with van der Waals surface area (Å²) in [6, 6.07) is 9.38. The first-order valence-corrected chi connectivity index (χ1v) is 3.81. The Hall–Kier alpha value is -0.820. The molecule has 0 N–H and O–H groups in total. The standard InChI is InChI=1S/C10H12O.ClH/c1-8(2)10(11)9-6-4-3-5-7-9;/h3-8H,1-2H3;1H. The number of carbonyl (C=O) groups excluding carboxylic acids is 1. The number of hydrogen-bond donors (Lipinski definition) is 0. The third kappa shape index (κ3) is 2.67. The number of halogens is 1. The molecule has 0 aliphatic rings. The number of ketones is 1. The van der Waals surface area contributed by atoms with E-state index in [9.17, 15) is 4.79 Å². The zero-order valence-corrected chi connectivity index (χ0v) is 8.10. The van der Waals surface area contributed by atoms with Crippen LogP contribution in [0.5, 0.6) is 0 Å². The van der Waals surface area contributed by atoms with E-state index >= 15 is 0 Å². The van der Waals surface area contributed by atoms with Crippen LogP contribution in [0.2, 0.25) is 0 Å². The summed E-state index contributed by atoms with van der Waals surface area (Å²) in [4.78, 5) is 11.3. The van der Waals surface area contributed by atoms with E-state index in [1.165, 1.54) is 0 Å². The normalized spacial score (nSPS) is 9.25. The minimum Gasteiger partial charge on any atom is -0.294 e. The predicted molar refractivity (Wildman–Crippen MR) is 52.9 cm³/mol. The lowest BCUT2D eigenvalue weighted by molar-refractivity contribution is 0.0939. The van der Waals surface area contributed by atoms with Crippen molar-refractivity contribution < 1.29 is 4.79 Å². The molecule has 2 heteroatoms. The molecule has 0 bridgehead atoms. The Balaban J connectivity index is 0.00000121. The van der Waals surface area contributed by atoms with Crippen LogP contribution >= 0.6 is 12.4 Å². The molecule has 1 aromatic rings. The van der Waals surface area contributed by atoms with Crippen molar-refractivity contribution in [3.8, 4) is 0 Å². The van der Waals surface area contributed by atoms with Crippen molar-refractivity contribution in [3.63, 3.8) is 0 Å². The quantitative estimate of drug-likeness (QED) is 0.646. The van der Waals surface area contributed by atoms with E-state index in [1.807, 2.05) is 44.2 Å². The van der Waals surface area contributed by atoms with Gasteiger partial charge in [0.1, 0.15) is 0 Å². The van der Waals surface area contributed by atoms with Crippen molar-refractivity contribution in [2.24, 2.45) is 5.92 Å². The maximum absolute atomic E-state index is 11.3. The van der Waals surface area contributed by atoms with Gasteiger partial charge < -0.3 is 0 Å². The van der Waals surface area contributed by atoms with Gasteiger partial charge in [-0.2, -0.15) is 0 Å². The van der Waals surface area contributed by atoms with Crippen molar-refractivity contribution in [1.82, 2.24) is 0 Å². The third-order valence-electron chi connectivity index (χ3n) is 1.58. The Morgan fingerprint density at radius 1 is 1.17 bits per heavy atom. The Labute approximate surface area is 79.2 Å². The number of Topliss-reactive ketones (excluding diaryl/α,β-unsaturated/α-hetero) is 1. The van der Waals surface area contributed by atoms with Crippen LogP contribution < -0.4 is 0 Å². The molecule has 0 radical (unpaired) electrons. The Morgan fingerprint density at radius 3 is 2.08 bits per heavy atom. The zero-order valence-electron chi connectivity index (χ0n) is 7.28. The molecule has 0 heterocycles. The Morgan fingerprint density at radius 2 is 1.67 bits per heavy atom. The minimum absolute atomic E-state index is 0. The lowest BCUT2D eigenvalue weighted by Crippen LogP contribution is -2.06. The van der Waals surface area contributed by atoms with Crippen LogP contribution in [-0.4, -0.2) is 5.78 Å². The van der Waals surface area contributed by atoms with Crippen molar-refractivity contribution in [1.29, 1.82) is 0 Å². The fourth-order valence-corrected chi connectivity index (χ4v) is 0.936. The van der Waals surface area contributed by atoms with E-state index in [1.54, 1.807) is 0 Å². The highest BCUT2D eigenvalue weighted by molar-refractivity contribution is 5.97. The summed E-state index contributed by atoms with van der Waals surface area (Å²) in [5.41, 5.74) is 0.808. The molecule has 0 aromatic heterocycles. The first-order valence-electron chi connectivity index (χ1n) is 3.81. The number of rotatable bonds is 2. The van der Waals surface area contributed by atoms with Crippen LogP contribution in [0.3, 0.4) is 0 Å². The van der Waals surface area contributed by atoms with Crippen molar-refractivity contribution in [2.45, 2.75) is 13.8 Å². The average molecular weight is 185 g/mol. The van der Waals surface area contributed by atoms with E-state index in [2.05, 4.69) is 0 Å². The first-order chi connectivity index (χ1) is 5.22. The Bertz CT molecular complexity index is 241. The molecular formula is C10H13ClO. The molecule has 0 aliphatic heterocycles.